The third-order valence-electron chi connectivity index (χ3n) is 5.46. The number of anilines is 3. The monoisotopic (exact) mass is 487 g/mol. The van der Waals surface area contributed by atoms with E-state index < -0.39 is 17.3 Å². The number of carbonyl (C=O) groups is 1. The Morgan fingerprint density at radius 1 is 1.14 bits per heavy atom. The lowest BCUT2D eigenvalue weighted by atomic mass is 10.2. The predicted molar refractivity (Wildman–Crippen MR) is 120 cm³/mol. The molecule has 0 saturated heterocycles. The highest BCUT2D eigenvalue weighted by molar-refractivity contribution is 6.00. The van der Waals surface area contributed by atoms with Crippen LogP contribution in [0.15, 0.2) is 41.7 Å². The predicted octanol–water partition coefficient (Wildman–Crippen LogP) is 2.31. The number of aromatic nitrogens is 6. The zero-order valence-electron chi connectivity index (χ0n) is 18.6. The Bertz CT molecular complexity index is 1500. The molecule has 0 spiro atoms. The number of carbonyl (C=O) groups excluding carboxylic acids is 1. The first kappa shape index (κ1) is 22.4. The molecule has 0 bridgehead atoms. The Labute approximate surface area is 195 Å². The summed E-state index contributed by atoms with van der Waals surface area (Å²) < 4.78 is 44.5. The third-order valence-corrected chi connectivity index (χ3v) is 5.46. The van der Waals surface area contributed by atoms with Crippen molar-refractivity contribution in [3.63, 3.8) is 0 Å². The third kappa shape index (κ3) is 4.29. The van der Waals surface area contributed by atoms with Gasteiger partial charge in [0.2, 0.25) is 0 Å². The quantitative estimate of drug-likeness (QED) is 0.381. The maximum atomic E-state index is 13.6. The van der Waals surface area contributed by atoms with Crippen LogP contribution in [0.2, 0.25) is 0 Å². The topological polar surface area (TPSA) is 123 Å². The summed E-state index contributed by atoms with van der Waals surface area (Å²) in [5.41, 5.74) is -1.58. The van der Waals surface area contributed by atoms with E-state index in [0.717, 1.165) is 29.7 Å². The molecule has 35 heavy (non-hydrogen) atoms. The molecule has 1 aliphatic rings. The highest BCUT2D eigenvalue weighted by Crippen LogP contribution is 2.31. The van der Waals surface area contributed by atoms with E-state index in [4.69, 9.17) is 0 Å². The molecule has 1 saturated carbocycles. The Morgan fingerprint density at radius 3 is 2.54 bits per heavy atom. The van der Waals surface area contributed by atoms with E-state index >= 15 is 0 Å². The van der Waals surface area contributed by atoms with Crippen LogP contribution in [-0.4, -0.2) is 47.9 Å². The molecule has 4 aromatic heterocycles. The molecule has 0 unspecified atom stereocenters. The van der Waals surface area contributed by atoms with Gasteiger partial charge in [-0.15, -0.1) is 0 Å². The molecule has 14 heteroatoms. The highest BCUT2D eigenvalue weighted by atomic mass is 19.4. The molecule has 5 rings (SSSR count). The van der Waals surface area contributed by atoms with Crippen LogP contribution in [0.5, 0.6) is 0 Å². The van der Waals surface area contributed by atoms with Crippen molar-refractivity contribution in [2.45, 2.75) is 25.1 Å². The summed E-state index contributed by atoms with van der Waals surface area (Å²) in [7, 11) is 3.20. The second-order valence-corrected chi connectivity index (χ2v) is 8.13. The van der Waals surface area contributed by atoms with Crippen molar-refractivity contribution in [1.29, 1.82) is 0 Å². The minimum Gasteiger partial charge on any atom is -0.373 e. The fraction of sp³-hybridized carbons (Fsp3) is 0.286. The summed E-state index contributed by atoms with van der Waals surface area (Å²) in [6.45, 7) is 0. The first-order valence-electron chi connectivity index (χ1n) is 10.6. The van der Waals surface area contributed by atoms with Crippen molar-refractivity contribution >= 4 is 28.9 Å². The number of fused-ring (bicyclic) bond motifs is 1. The summed E-state index contributed by atoms with van der Waals surface area (Å²) >= 11 is 0. The van der Waals surface area contributed by atoms with Crippen LogP contribution in [0.4, 0.5) is 30.5 Å². The number of pyridine rings is 1. The first-order chi connectivity index (χ1) is 16.6. The van der Waals surface area contributed by atoms with E-state index in [1.807, 2.05) is 0 Å². The van der Waals surface area contributed by atoms with E-state index in [2.05, 4.69) is 31.1 Å². The molecule has 1 amide bonds. The van der Waals surface area contributed by atoms with Crippen LogP contribution in [0, 0.1) is 0 Å². The fourth-order valence-corrected chi connectivity index (χ4v) is 3.55. The smallest absolute Gasteiger partial charge is 0.373 e. The van der Waals surface area contributed by atoms with Gasteiger partial charge in [-0.1, -0.05) is 0 Å². The maximum Gasteiger partial charge on any atom is 0.417 e. The molecule has 182 valence electrons. The molecule has 1 aliphatic carbocycles. The number of hydrogen-bond donors (Lipinski definition) is 3. The summed E-state index contributed by atoms with van der Waals surface area (Å²) in [5.74, 6) is 0.103. The molecule has 0 aliphatic heterocycles. The molecule has 1 fully saturated rings. The Kier molecular flexibility index (Phi) is 5.22. The van der Waals surface area contributed by atoms with Crippen molar-refractivity contribution < 1.29 is 18.0 Å². The molecule has 0 aromatic carbocycles. The van der Waals surface area contributed by atoms with Gasteiger partial charge in [0.15, 0.2) is 5.65 Å². The zero-order chi connectivity index (χ0) is 24.9. The van der Waals surface area contributed by atoms with Gasteiger partial charge in [0.25, 0.3) is 11.5 Å². The van der Waals surface area contributed by atoms with Gasteiger partial charge in [0.1, 0.15) is 22.9 Å². The van der Waals surface area contributed by atoms with E-state index in [0.29, 0.717) is 5.82 Å². The van der Waals surface area contributed by atoms with E-state index in [1.54, 1.807) is 14.1 Å². The number of halogens is 3. The Balaban J connectivity index is 1.60. The minimum atomic E-state index is -4.71. The van der Waals surface area contributed by atoms with Gasteiger partial charge in [-0.3, -0.25) is 18.8 Å². The first-order valence-corrected chi connectivity index (χ1v) is 10.6. The van der Waals surface area contributed by atoms with Crippen molar-refractivity contribution in [2.24, 2.45) is 7.05 Å². The van der Waals surface area contributed by atoms with Crippen LogP contribution in [0.3, 0.4) is 0 Å². The number of amides is 1. The molecule has 4 aromatic rings. The van der Waals surface area contributed by atoms with Gasteiger partial charge < -0.3 is 16.0 Å². The van der Waals surface area contributed by atoms with Crippen LogP contribution in [0.1, 0.15) is 28.8 Å². The Morgan fingerprint density at radius 2 is 1.91 bits per heavy atom. The van der Waals surface area contributed by atoms with Gasteiger partial charge in [-0.05, 0) is 18.9 Å². The molecular formula is C21H20F3N9O2. The average molecular weight is 487 g/mol. The standard InChI is InChI=1S/C21H20F3N9O2/c1-25-17-6-16(30-18-14(8-27-33(17)18)19(34)28-12-3-4-12)29-15-5-11(21(22,23)24)9-32(20(15)35)13-7-26-31(2)10-13/h5-10,12,25H,3-4H2,1-2H3,(H,28,34)(H,29,30). The number of hydrogen-bond acceptors (Lipinski definition) is 7. The lowest BCUT2D eigenvalue weighted by Crippen LogP contribution is -2.25. The van der Waals surface area contributed by atoms with E-state index in [-0.39, 0.29) is 40.4 Å². The van der Waals surface area contributed by atoms with Gasteiger partial charge >= 0.3 is 6.18 Å². The van der Waals surface area contributed by atoms with Gasteiger partial charge in [0.05, 0.1) is 23.6 Å². The largest absolute Gasteiger partial charge is 0.417 e. The van der Waals surface area contributed by atoms with E-state index in [9.17, 15) is 22.8 Å². The average Bonchev–Trinajstić information content (AvgIpc) is 3.34. The highest BCUT2D eigenvalue weighted by Gasteiger charge is 2.33. The number of nitrogens with zero attached hydrogens (tertiary/aromatic N) is 6. The second-order valence-electron chi connectivity index (χ2n) is 8.13. The minimum absolute atomic E-state index is 0.0528. The molecule has 3 N–H and O–H groups in total. The number of nitrogens with one attached hydrogen (secondary N) is 3. The summed E-state index contributed by atoms with van der Waals surface area (Å²) in [6, 6.07) is 2.30. The van der Waals surface area contributed by atoms with Crippen molar-refractivity contribution in [1.82, 2.24) is 34.3 Å². The molecular weight excluding hydrogens is 467 g/mol. The van der Waals surface area contributed by atoms with Gasteiger partial charge in [-0.2, -0.15) is 27.9 Å². The Hall–Kier alpha value is -4.36. The van der Waals surface area contributed by atoms with Gasteiger partial charge in [0, 0.05) is 38.6 Å². The van der Waals surface area contributed by atoms with Crippen molar-refractivity contribution in [3.8, 4) is 5.69 Å². The normalized spacial score (nSPS) is 13.7. The maximum absolute atomic E-state index is 13.6. The number of rotatable bonds is 6. The number of aryl methyl sites for hydroxylation is 1. The lowest BCUT2D eigenvalue weighted by Gasteiger charge is -2.14. The van der Waals surface area contributed by atoms with Crippen molar-refractivity contribution in [3.05, 3.63) is 58.4 Å². The zero-order valence-corrected chi connectivity index (χ0v) is 18.6. The molecule has 11 nitrogen and oxygen atoms in total. The summed E-state index contributed by atoms with van der Waals surface area (Å²) in [6.07, 6.45) is 1.87. The molecule has 4 heterocycles. The van der Waals surface area contributed by atoms with Crippen LogP contribution in [0.25, 0.3) is 11.3 Å². The second kappa shape index (κ2) is 8.14. The summed E-state index contributed by atoms with van der Waals surface area (Å²) in [5, 5.41) is 16.6. The lowest BCUT2D eigenvalue weighted by molar-refractivity contribution is -0.137. The molecule has 0 radical (unpaired) electrons. The number of alkyl halides is 3. The van der Waals surface area contributed by atoms with E-state index in [1.165, 1.54) is 33.9 Å². The van der Waals surface area contributed by atoms with Crippen LogP contribution >= 0.6 is 0 Å². The molecule has 0 atom stereocenters. The fourth-order valence-electron chi connectivity index (χ4n) is 3.55. The van der Waals surface area contributed by atoms with Gasteiger partial charge in [-0.25, -0.2) is 4.98 Å². The van der Waals surface area contributed by atoms with Crippen LogP contribution < -0.4 is 21.5 Å². The summed E-state index contributed by atoms with van der Waals surface area (Å²) in [4.78, 5) is 30.1. The SMILES string of the molecule is CNc1cc(Nc2cc(C(F)(F)F)cn(-c3cnn(C)c3)c2=O)nc2c(C(=O)NC3CC3)cnn12. The van der Waals surface area contributed by atoms with Crippen LogP contribution in [-0.2, 0) is 13.2 Å². The van der Waals surface area contributed by atoms with Crippen molar-refractivity contribution in [2.75, 3.05) is 17.7 Å².